The van der Waals surface area contributed by atoms with Gasteiger partial charge in [-0.2, -0.15) is 0 Å². The standard InChI is InChI=1S/C13H10ClN3OS2/c1-7-10(19-6-15-7)5-12(18)17-13-16-9-3-2-8(14)4-11(9)20-13/h2-4,6H,5H2,1H3,(H,16,17,18). The van der Waals surface area contributed by atoms with Crippen molar-refractivity contribution in [2.45, 2.75) is 13.3 Å². The average molecular weight is 324 g/mol. The van der Waals surface area contributed by atoms with Crippen LogP contribution in [-0.4, -0.2) is 15.9 Å². The quantitative estimate of drug-likeness (QED) is 0.795. The molecule has 1 amide bonds. The van der Waals surface area contributed by atoms with Gasteiger partial charge >= 0.3 is 0 Å². The molecule has 1 aromatic carbocycles. The summed E-state index contributed by atoms with van der Waals surface area (Å²) < 4.78 is 0.960. The number of rotatable bonds is 3. The fourth-order valence-electron chi connectivity index (χ4n) is 1.76. The van der Waals surface area contributed by atoms with Crippen LogP contribution in [0.15, 0.2) is 23.7 Å². The van der Waals surface area contributed by atoms with Crippen molar-refractivity contribution in [2.75, 3.05) is 5.32 Å². The molecule has 0 spiro atoms. The lowest BCUT2D eigenvalue weighted by atomic mass is 10.3. The Morgan fingerprint density at radius 1 is 1.45 bits per heavy atom. The van der Waals surface area contributed by atoms with Crippen LogP contribution in [0.2, 0.25) is 5.02 Å². The molecule has 0 aliphatic carbocycles. The Hall–Kier alpha value is -1.50. The van der Waals surface area contributed by atoms with Gasteiger partial charge in [0.25, 0.3) is 0 Å². The van der Waals surface area contributed by atoms with Gasteiger partial charge in [-0.15, -0.1) is 11.3 Å². The second-order valence-electron chi connectivity index (χ2n) is 4.22. The van der Waals surface area contributed by atoms with Gasteiger partial charge in [-0.05, 0) is 25.1 Å². The number of carbonyl (C=O) groups is 1. The van der Waals surface area contributed by atoms with E-state index >= 15 is 0 Å². The SMILES string of the molecule is Cc1ncsc1CC(=O)Nc1nc2ccc(Cl)cc2s1. The highest BCUT2D eigenvalue weighted by atomic mass is 35.5. The monoisotopic (exact) mass is 323 g/mol. The molecule has 0 radical (unpaired) electrons. The number of carbonyl (C=O) groups excluding carboxylic acids is 1. The number of nitrogens with zero attached hydrogens (tertiary/aromatic N) is 2. The first-order valence-electron chi connectivity index (χ1n) is 5.87. The van der Waals surface area contributed by atoms with Crippen molar-refractivity contribution >= 4 is 55.5 Å². The normalized spacial score (nSPS) is 10.9. The highest BCUT2D eigenvalue weighted by molar-refractivity contribution is 7.22. The van der Waals surface area contributed by atoms with Crippen LogP contribution in [0.1, 0.15) is 10.6 Å². The van der Waals surface area contributed by atoms with Crippen LogP contribution in [-0.2, 0) is 11.2 Å². The lowest BCUT2D eigenvalue weighted by molar-refractivity contribution is -0.115. The summed E-state index contributed by atoms with van der Waals surface area (Å²) in [5.74, 6) is -0.0810. The molecule has 2 aromatic heterocycles. The van der Waals surface area contributed by atoms with Gasteiger partial charge < -0.3 is 5.32 Å². The molecule has 7 heteroatoms. The van der Waals surface area contributed by atoms with E-state index < -0.39 is 0 Å². The molecular weight excluding hydrogens is 314 g/mol. The number of fused-ring (bicyclic) bond motifs is 1. The Morgan fingerprint density at radius 2 is 2.30 bits per heavy atom. The molecule has 3 aromatic rings. The molecule has 102 valence electrons. The zero-order chi connectivity index (χ0) is 14.1. The molecular formula is C13H10ClN3OS2. The first-order valence-corrected chi connectivity index (χ1v) is 7.94. The third-order valence-electron chi connectivity index (χ3n) is 2.76. The minimum absolute atomic E-state index is 0.0810. The number of halogens is 1. The number of aromatic nitrogens is 2. The van der Waals surface area contributed by atoms with Crippen LogP contribution >= 0.6 is 34.3 Å². The van der Waals surface area contributed by atoms with E-state index in [4.69, 9.17) is 11.6 Å². The summed E-state index contributed by atoms with van der Waals surface area (Å²) in [5, 5.41) is 4.08. The molecule has 4 nitrogen and oxygen atoms in total. The van der Waals surface area contributed by atoms with Crippen LogP contribution in [0.5, 0.6) is 0 Å². The number of anilines is 1. The zero-order valence-electron chi connectivity index (χ0n) is 10.5. The van der Waals surface area contributed by atoms with E-state index in [1.165, 1.54) is 22.7 Å². The average Bonchev–Trinajstić information content (AvgIpc) is 2.95. The molecule has 0 unspecified atom stereocenters. The van der Waals surface area contributed by atoms with Gasteiger partial charge in [0, 0.05) is 9.90 Å². The van der Waals surface area contributed by atoms with Crippen molar-refractivity contribution in [3.63, 3.8) is 0 Å². The number of thiazole rings is 2. The number of amides is 1. The third kappa shape index (κ3) is 2.82. The first-order chi connectivity index (χ1) is 9.61. The van der Waals surface area contributed by atoms with Crippen molar-refractivity contribution in [2.24, 2.45) is 0 Å². The minimum atomic E-state index is -0.0810. The Kier molecular flexibility index (Phi) is 3.69. The summed E-state index contributed by atoms with van der Waals surface area (Å²) >= 11 is 8.84. The van der Waals surface area contributed by atoms with Crippen molar-refractivity contribution in [1.29, 1.82) is 0 Å². The summed E-state index contributed by atoms with van der Waals surface area (Å²) in [6.07, 6.45) is 0.327. The van der Waals surface area contributed by atoms with Crippen molar-refractivity contribution < 1.29 is 4.79 Å². The van der Waals surface area contributed by atoms with Crippen LogP contribution in [0, 0.1) is 6.92 Å². The number of hydrogen-bond acceptors (Lipinski definition) is 5. The molecule has 1 N–H and O–H groups in total. The largest absolute Gasteiger partial charge is 0.302 e. The molecule has 3 rings (SSSR count). The molecule has 0 bridgehead atoms. The number of nitrogens with one attached hydrogen (secondary N) is 1. The van der Waals surface area contributed by atoms with Crippen LogP contribution in [0.4, 0.5) is 5.13 Å². The molecule has 0 aliphatic rings. The molecule has 0 atom stereocenters. The number of hydrogen-bond donors (Lipinski definition) is 1. The topological polar surface area (TPSA) is 54.9 Å². The van der Waals surface area contributed by atoms with E-state index in [1.807, 2.05) is 19.1 Å². The fraction of sp³-hybridized carbons (Fsp3) is 0.154. The van der Waals surface area contributed by atoms with Gasteiger partial charge in [0.15, 0.2) is 5.13 Å². The smallest absolute Gasteiger partial charge is 0.231 e. The lowest BCUT2D eigenvalue weighted by Crippen LogP contribution is -2.13. The molecule has 0 saturated heterocycles. The maximum Gasteiger partial charge on any atom is 0.231 e. The molecule has 0 saturated carbocycles. The summed E-state index contributed by atoms with van der Waals surface area (Å²) in [6.45, 7) is 1.90. The Labute approximate surface area is 128 Å². The summed E-state index contributed by atoms with van der Waals surface area (Å²) in [7, 11) is 0. The van der Waals surface area contributed by atoms with Gasteiger partial charge in [-0.3, -0.25) is 4.79 Å². The Bertz CT molecular complexity index is 781. The molecule has 20 heavy (non-hydrogen) atoms. The maximum absolute atomic E-state index is 12.0. The van der Waals surface area contributed by atoms with Gasteiger partial charge in [0.1, 0.15) is 0 Å². The van der Waals surface area contributed by atoms with Crippen LogP contribution in [0.25, 0.3) is 10.2 Å². The summed E-state index contributed by atoms with van der Waals surface area (Å²) in [6, 6.07) is 5.48. The van der Waals surface area contributed by atoms with Crippen LogP contribution < -0.4 is 5.32 Å². The first kappa shape index (κ1) is 13.5. The lowest BCUT2D eigenvalue weighted by Gasteiger charge is -1.99. The van der Waals surface area contributed by atoms with Gasteiger partial charge in [0.2, 0.25) is 5.91 Å². The zero-order valence-corrected chi connectivity index (χ0v) is 12.9. The predicted molar refractivity (Wildman–Crippen MR) is 83.8 cm³/mol. The van der Waals surface area contributed by atoms with E-state index in [1.54, 1.807) is 11.6 Å². The van der Waals surface area contributed by atoms with Gasteiger partial charge in [-0.25, -0.2) is 9.97 Å². The van der Waals surface area contributed by atoms with Crippen molar-refractivity contribution in [1.82, 2.24) is 9.97 Å². The van der Waals surface area contributed by atoms with Crippen molar-refractivity contribution in [3.05, 3.63) is 39.3 Å². The summed E-state index contributed by atoms with van der Waals surface area (Å²) in [4.78, 5) is 21.5. The fourth-order valence-corrected chi connectivity index (χ4v) is 3.69. The highest BCUT2D eigenvalue weighted by Crippen LogP contribution is 2.28. The molecule has 2 heterocycles. The van der Waals surface area contributed by atoms with Crippen molar-refractivity contribution in [3.8, 4) is 0 Å². The minimum Gasteiger partial charge on any atom is -0.302 e. The third-order valence-corrected chi connectivity index (χ3v) is 4.87. The van der Waals surface area contributed by atoms with E-state index in [9.17, 15) is 4.79 Å². The number of benzene rings is 1. The molecule has 0 aliphatic heterocycles. The Balaban J connectivity index is 1.75. The second kappa shape index (κ2) is 5.47. The highest BCUT2D eigenvalue weighted by Gasteiger charge is 2.11. The molecule has 0 fully saturated rings. The Morgan fingerprint density at radius 3 is 3.05 bits per heavy atom. The van der Waals surface area contributed by atoms with Crippen LogP contribution in [0.3, 0.4) is 0 Å². The summed E-state index contributed by atoms with van der Waals surface area (Å²) in [5.41, 5.74) is 3.49. The maximum atomic E-state index is 12.0. The van der Waals surface area contributed by atoms with E-state index in [0.29, 0.717) is 16.6 Å². The number of aryl methyl sites for hydroxylation is 1. The van der Waals surface area contributed by atoms with E-state index in [2.05, 4.69) is 15.3 Å². The predicted octanol–water partition coefficient (Wildman–Crippen LogP) is 3.90. The van der Waals surface area contributed by atoms with E-state index in [0.717, 1.165) is 20.8 Å². The van der Waals surface area contributed by atoms with E-state index in [-0.39, 0.29) is 5.91 Å². The van der Waals surface area contributed by atoms with Gasteiger partial charge in [0.05, 0.1) is 27.8 Å². The van der Waals surface area contributed by atoms with Gasteiger partial charge in [-0.1, -0.05) is 22.9 Å². The second-order valence-corrected chi connectivity index (χ2v) is 6.62.